The second kappa shape index (κ2) is 14.3. The summed E-state index contributed by atoms with van der Waals surface area (Å²) in [5.74, 6) is 0. The van der Waals surface area contributed by atoms with Crippen LogP contribution >= 0.6 is 11.3 Å². The van der Waals surface area contributed by atoms with Crippen molar-refractivity contribution in [2.45, 2.75) is 0 Å². The summed E-state index contributed by atoms with van der Waals surface area (Å²) >= 11 is 1.88. The van der Waals surface area contributed by atoms with Gasteiger partial charge in [0.05, 0.1) is 22.1 Å². The summed E-state index contributed by atoms with van der Waals surface area (Å²) in [5.41, 5.74) is 16.8. The third-order valence-electron chi connectivity index (χ3n) is 13.0. The first-order chi connectivity index (χ1) is 31.2. The molecule has 0 saturated carbocycles. The van der Waals surface area contributed by atoms with Crippen LogP contribution in [0.15, 0.2) is 231 Å². The minimum absolute atomic E-state index is 1.15. The highest BCUT2D eigenvalue weighted by Crippen LogP contribution is 2.44. The van der Waals surface area contributed by atoms with Crippen LogP contribution in [-0.4, -0.2) is 9.13 Å². The number of thiophene rings is 1. The van der Waals surface area contributed by atoms with Crippen molar-refractivity contribution in [3.63, 3.8) is 0 Å². The van der Waals surface area contributed by atoms with Crippen LogP contribution in [0.25, 0.3) is 120 Å². The van der Waals surface area contributed by atoms with Gasteiger partial charge in [0, 0.05) is 53.1 Å². The molecule has 3 heterocycles. The van der Waals surface area contributed by atoms with Gasteiger partial charge >= 0.3 is 0 Å². The zero-order chi connectivity index (χ0) is 41.4. The summed E-state index contributed by atoms with van der Waals surface area (Å²) in [6, 6.07) is 84.5. The molecule has 0 spiro atoms. The fourth-order valence-electron chi connectivity index (χ4n) is 9.94. The summed E-state index contributed by atoms with van der Waals surface area (Å²) in [5, 5.41) is 7.81. The first kappa shape index (κ1) is 35.7. The van der Waals surface area contributed by atoms with E-state index in [-0.39, 0.29) is 0 Å². The molecule has 3 aromatic heterocycles. The van der Waals surface area contributed by atoms with Crippen molar-refractivity contribution in [1.82, 2.24) is 9.13 Å². The topological polar surface area (TPSA) is 9.86 Å². The van der Waals surface area contributed by atoms with Gasteiger partial charge in [0.15, 0.2) is 0 Å². The van der Waals surface area contributed by atoms with E-state index in [4.69, 9.17) is 0 Å². The Morgan fingerprint density at radius 1 is 0.238 bits per heavy atom. The average molecular weight is 819 g/mol. The molecule has 0 bridgehead atoms. The lowest BCUT2D eigenvalue weighted by Crippen LogP contribution is -1.94. The van der Waals surface area contributed by atoms with Gasteiger partial charge in [-0.1, -0.05) is 158 Å². The highest BCUT2D eigenvalue weighted by atomic mass is 32.1. The third-order valence-corrected chi connectivity index (χ3v) is 14.1. The molecular formula is C60H38N2S. The van der Waals surface area contributed by atoms with Crippen LogP contribution in [-0.2, 0) is 0 Å². The van der Waals surface area contributed by atoms with Crippen LogP contribution in [0.1, 0.15) is 0 Å². The summed E-state index contributed by atoms with van der Waals surface area (Å²) in [6.45, 7) is 0. The number of nitrogens with zero attached hydrogens (tertiary/aromatic N) is 2. The van der Waals surface area contributed by atoms with E-state index in [1.807, 2.05) is 11.3 Å². The maximum Gasteiger partial charge on any atom is 0.0548 e. The van der Waals surface area contributed by atoms with Gasteiger partial charge in [-0.05, 0) is 117 Å². The van der Waals surface area contributed by atoms with Crippen molar-refractivity contribution in [3.8, 4) is 55.9 Å². The van der Waals surface area contributed by atoms with E-state index in [0.29, 0.717) is 0 Å². The van der Waals surface area contributed by atoms with Crippen LogP contribution < -0.4 is 0 Å². The van der Waals surface area contributed by atoms with Gasteiger partial charge in [-0.2, -0.15) is 0 Å². The Balaban J connectivity index is 0.827. The number of fused-ring (bicyclic) bond motifs is 10. The van der Waals surface area contributed by atoms with Crippen molar-refractivity contribution in [1.29, 1.82) is 0 Å². The summed E-state index contributed by atoms with van der Waals surface area (Å²) < 4.78 is 7.50. The molecular weight excluding hydrogens is 781 g/mol. The molecule has 0 saturated heterocycles. The first-order valence-corrected chi connectivity index (χ1v) is 22.4. The summed E-state index contributed by atoms with van der Waals surface area (Å²) in [7, 11) is 0. The number of benzene rings is 10. The quantitative estimate of drug-likeness (QED) is 0.158. The molecule has 0 N–H and O–H groups in total. The number of hydrogen-bond acceptors (Lipinski definition) is 1. The Hall–Kier alpha value is -7.98. The SMILES string of the molecule is c1ccc(-c2ccc3c(c2)c2cc(-c4ccccc4)ccc2n3-c2ccc(-c3ccc(-c4ccc(-n5c6ccccc6c6c7c(ccc65)sc5ccccc57)cc4)cc3)cc2)cc1. The van der Waals surface area contributed by atoms with Gasteiger partial charge in [-0.15, -0.1) is 11.3 Å². The predicted molar refractivity (Wildman–Crippen MR) is 270 cm³/mol. The van der Waals surface area contributed by atoms with Crippen molar-refractivity contribution in [3.05, 3.63) is 231 Å². The zero-order valence-electron chi connectivity index (χ0n) is 34.2. The summed E-state index contributed by atoms with van der Waals surface area (Å²) in [6.07, 6.45) is 0. The predicted octanol–water partition coefficient (Wildman–Crippen LogP) is 16.9. The van der Waals surface area contributed by atoms with E-state index in [9.17, 15) is 0 Å². The first-order valence-electron chi connectivity index (χ1n) is 21.6. The maximum absolute atomic E-state index is 2.43. The minimum Gasteiger partial charge on any atom is -0.309 e. The number of rotatable bonds is 6. The van der Waals surface area contributed by atoms with E-state index in [1.54, 1.807) is 0 Å². The minimum atomic E-state index is 1.15. The van der Waals surface area contributed by atoms with E-state index in [2.05, 4.69) is 240 Å². The molecule has 13 rings (SSSR count). The number of aromatic nitrogens is 2. The Morgan fingerprint density at radius 3 is 1.19 bits per heavy atom. The second-order valence-electron chi connectivity index (χ2n) is 16.5. The Labute approximate surface area is 368 Å². The zero-order valence-corrected chi connectivity index (χ0v) is 35.1. The number of para-hydroxylation sites is 1. The molecule has 0 aliphatic heterocycles. The molecule has 294 valence electrons. The molecule has 10 aromatic carbocycles. The monoisotopic (exact) mass is 818 g/mol. The molecule has 0 fully saturated rings. The lowest BCUT2D eigenvalue weighted by Gasteiger charge is -2.11. The Morgan fingerprint density at radius 2 is 0.635 bits per heavy atom. The maximum atomic E-state index is 2.43. The molecule has 63 heavy (non-hydrogen) atoms. The van der Waals surface area contributed by atoms with E-state index < -0.39 is 0 Å². The van der Waals surface area contributed by atoms with E-state index >= 15 is 0 Å². The van der Waals surface area contributed by atoms with Gasteiger partial charge in [0.2, 0.25) is 0 Å². The molecule has 0 atom stereocenters. The third kappa shape index (κ3) is 5.78. The molecule has 0 radical (unpaired) electrons. The van der Waals surface area contributed by atoms with Crippen molar-refractivity contribution >= 4 is 75.1 Å². The van der Waals surface area contributed by atoms with Gasteiger partial charge in [-0.3, -0.25) is 0 Å². The van der Waals surface area contributed by atoms with E-state index in [1.165, 1.54) is 108 Å². The second-order valence-corrected chi connectivity index (χ2v) is 17.6. The van der Waals surface area contributed by atoms with Gasteiger partial charge < -0.3 is 9.13 Å². The molecule has 3 heteroatoms. The van der Waals surface area contributed by atoms with E-state index in [0.717, 1.165) is 11.4 Å². The van der Waals surface area contributed by atoms with Crippen LogP contribution in [0.2, 0.25) is 0 Å². The Bertz CT molecular complexity index is 3760. The number of hydrogen-bond donors (Lipinski definition) is 0. The van der Waals surface area contributed by atoms with Crippen LogP contribution in [0.4, 0.5) is 0 Å². The Kier molecular flexibility index (Phi) is 8.12. The lowest BCUT2D eigenvalue weighted by atomic mass is 10.00. The highest BCUT2D eigenvalue weighted by molar-refractivity contribution is 7.26. The van der Waals surface area contributed by atoms with Crippen LogP contribution in [0.3, 0.4) is 0 Å². The average Bonchev–Trinajstić information content (AvgIpc) is 4.02. The normalized spacial score (nSPS) is 11.8. The largest absolute Gasteiger partial charge is 0.309 e. The van der Waals surface area contributed by atoms with Crippen LogP contribution in [0, 0.1) is 0 Å². The van der Waals surface area contributed by atoms with Crippen LogP contribution in [0.5, 0.6) is 0 Å². The molecule has 0 aliphatic carbocycles. The molecule has 2 nitrogen and oxygen atoms in total. The van der Waals surface area contributed by atoms with Gasteiger partial charge in [0.1, 0.15) is 0 Å². The fraction of sp³-hybridized carbons (Fsp3) is 0. The standard InChI is InChI=1S/C60H38N2S/c1-3-11-39(12-4-1)45-27-33-54-51(37-45)52-38-46(40-13-5-2-6-14-40)28-34-55(52)61(54)47-29-23-43(24-30-47)41-19-21-42(22-20-41)44-25-31-48(32-26-44)62-53-17-9-7-15-49(53)59-56(62)35-36-58-60(59)50-16-8-10-18-57(50)63-58/h1-38H. The molecule has 0 amide bonds. The molecule has 0 aliphatic rings. The van der Waals surface area contributed by atoms with Gasteiger partial charge in [0.25, 0.3) is 0 Å². The van der Waals surface area contributed by atoms with Gasteiger partial charge in [-0.25, -0.2) is 0 Å². The summed E-state index contributed by atoms with van der Waals surface area (Å²) in [4.78, 5) is 0. The van der Waals surface area contributed by atoms with Crippen molar-refractivity contribution in [2.75, 3.05) is 0 Å². The lowest BCUT2D eigenvalue weighted by molar-refractivity contribution is 1.18. The van der Waals surface area contributed by atoms with Crippen molar-refractivity contribution in [2.24, 2.45) is 0 Å². The highest BCUT2D eigenvalue weighted by Gasteiger charge is 2.18. The van der Waals surface area contributed by atoms with Crippen molar-refractivity contribution < 1.29 is 0 Å². The molecule has 13 aromatic rings. The molecule has 0 unspecified atom stereocenters. The smallest absolute Gasteiger partial charge is 0.0548 e. The fourth-order valence-corrected chi connectivity index (χ4v) is 11.0.